The van der Waals surface area contributed by atoms with Gasteiger partial charge in [-0.05, 0) is 19.1 Å². The molecule has 0 aromatic carbocycles. The van der Waals surface area contributed by atoms with E-state index in [-0.39, 0.29) is 0 Å². The van der Waals surface area contributed by atoms with Crippen molar-refractivity contribution in [3.05, 3.63) is 5.82 Å². The zero-order valence-electron chi connectivity index (χ0n) is 9.01. The lowest BCUT2D eigenvalue weighted by Crippen LogP contribution is -2.35. The molecule has 0 saturated heterocycles. The summed E-state index contributed by atoms with van der Waals surface area (Å²) in [5, 5.41) is 11.9. The van der Waals surface area contributed by atoms with Gasteiger partial charge in [-0.15, -0.1) is 10.2 Å². The van der Waals surface area contributed by atoms with Crippen molar-refractivity contribution < 1.29 is 0 Å². The maximum absolute atomic E-state index is 5.52. The highest BCUT2D eigenvalue weighted by atomic mass is 15.6. The molecule has 0 bridgehead atoms. The van der Waals surface area contributed by atoms with Crippen LogP contribution in [-0.2, 0) is 13.6 Å². The molecule has 1 heterocycles. The van der Waals surface area contributed by atoms with E-state index in [1.165, 1.54) is 4.80 Å². The van der Waals surface area contributed by atoms with Crippen molar-refractivity contribution in [3.8, 4) is 0 Å². The smallest absolute Gasteiger partial charge is 0.188 e. The van der Waals surface area contributed by atoms with Gasteiger partial charge in [0.2, 0.25) is 0 Å². The first-order valence-corrected chi connectivity index (χ1v) is 4.80. The standard InChI is InChI=1S/C8H18N6/c1-7(2)14(5-4-9)6-8-10-12-13(3)11-8/h7H,4-6,9H2,1-3H3. The van der Waals surface area contributed by atoms with Gasteiger partial charge in [0.05, 0.1) is 13.6 Å². The first-order chi connectivity index (χ1) is 6.63. The quantitative estimate of drug-likeness (QED) is 0.682. The summed E-state index contributed by atoms with van der Waals surface area (Å²) >= 11 is 0. The molecule has 6 nitrogen and oxygen atoms in total. The van der Waals surface area contributed by atoms with Crippen LogP contribution in [0.5, 0.6) is 0 Å². The maximum atomic E-state index is 5.52. The lowest BCUT2D eigenvalue weighted by Gasteiger charge is -2.23. The molecule has 14 heavy (non-hydrogen) atoms. The van der Waals surface area contributed by atoms with Crippen molar-refractivity contribution in [1.82, 2.24) is 25.1 Å². The number of tetrazole rings is 1. The van der Waals surface area contributed by atoms with Crippen molar-refractivity contribution in [1.29, 1.82) is 0 Å². The van der Waals surface area contributed by atoms with Crippen LogP contribution < -0.4 is 5.73 Å². The molecule has 0 spiro atoms. The Bertz CT molecular complexity index is 269. The molecule has 0 atom stereocenters. The van der Waals surface area contributed by atoms with Crippen LogP contribution >= 0.6 is 0 Å². The molecule has 0 amide bonds. The molecule has 1 aromatic rings. The van der Waals surface area contributed by atoms with Crippen LogP contribution in [0.15, 0.2) is 0 Å². The fourth-order valence-electron chi connectivity index (χ4n) is 1.25. The highest BCUT2D eigenvalue weighted by Crippen LogP contribution is 2.01. The molecule has 1 aromatic heterocycles. The molecular formula is C8H18N6. The average Bonchev–Trinajstić information content (AvgIpc) is 2.50. The van der Waals surface area contributed by atoms with Gasteiger partial charge >= 0.3 is 0 Å². The molecule has 2 N–H and O–H groups in total. The molecule has 1 rings (SSSR count). The summed E-state index contributed by atoms with van der Waals surface area (Å²) in [6.45, 7) is 6.48. The highest BCUT2D eigenvalue weighted by Gasteiger charge is 2.11. The number of aryl methyl sites for hydroxylation is 1. The van der Waals surface area contributed by atoms with E-state index in [1.54, 1.807) is 7.05 Å². The SMILES string of the molecule is CC(C)N(CCN)Cc1nnn(C)n1. The topological polar surface area (TPSA) is 72.9 Å². The van der Waals surface area contributed by atoms with Gasteiger partial charge in [0.25, 0.3) is 0 Å². The third-order valence-electron chi connectivity index (χ3n) is 2.04. The molecule has 0 aliphatic carbocycles. The fourth-order valence-corrected chi connectivity index (χ4v) is 1.25. The molecule has 0 aliphatic heterocycles. The van der Waals surface area contributed by atoms with Crippen LogP contribution in [0.4, 0.5) is 0 Å². The molecular weight excluding hydrogens is 180 g/mol. The zero-order chi connectivity index (χ0) is 10.6. The second-order valence-corrected chi connectivity index (χ2v) is 3.55. The van der Waals surface area contributed by atoms with Crippen molar-refractivity contribution in [2.75, 3.05) is 13.1 Å². The van der Waals surface area contributed by atoms with E-state index in [0.29, 0.717) is 19.1 Å². The van der Waals surface area contributed by atoms with Gasteiger partial charge in [-0.2, -0.15) is 4.80 Å². The number of hydrogen-bond acceptors (Lipinski definition) is 5. The summed E-state index contributed by atoms with van der Waals surface area (Å²) < 4.78 is 0. The van der Waals surface area contributed by atoms with Gasteiger partial charge in [-0.25, -0.2) is 0 Å². The van der Waals surface area contributed by atoms with Crippen LogP contribution in [0.2, 0.25) is 0 Å². The molecule has 0 fully saturated rings. The van der Waals surface area contributed by atoms with Gasteiger partial charge in [0, 0.05) is 19.1 Å². The Labute approximate surface area is 84.1 Å². The van der Waals surface area contributed by atoms with Crippen LogP contribution in [0, 0.1) is 0 Å². The van der Waals surface area contributed by atoms with Crippen LogP contribution in [-0.4, -0.2) is 44.2 Å². The number of nitrogens with zero attached hydrogens (tertiary/aromatic N) is 5. The van der Waals surface area contributed by atoms with E-state index in [1.807, 2.05) is 0 Å². The van der Waals surface area contributed by atoms with E-state index >= 15 is 0 Å². The largest absolute Gasteiger partial charge is 0.329 e. The second-order valence-electron chi connectivity index (χ2n) is 3.55. The van der Waals surface area contributed by atoms with Crippen molar-refractivity contribution in [3.63, 3.8) is 0 Å². The molecule has 80 valence electrons. The normalized spacial score (nSPS) is 11.6. The summed E-state index contributed by atoms with van der Waals surface area (Å²) in [5.74, 6) is 0.745. The van der Waals surface area contributed by atoms with Gasteiger partial charge < -0.3 is 5.73 Å². The van der Waals surface area contributed by atoms with Gasteiger partial charge in [-0.1, -0.05) is 0 Å². The zero-order valence-corrected chi connectivity index (χ0v) is 9.01. The van der Waals surface area contributed by atoms with Crippen molar-refractivity contribution >= 4 is 0 Å². The molecule has 0 unspecified atom stereocenters. The second kappa shape index (κ2) is 5.02. The lowest BCUT2D eigenvalue weighted by molar-refractivity contribution is 0.213. The molecule has 0 saturated carbocycles. The number of hydrogen-bond donors (Lipinski definition) is 1. The maximum Gasteiger partial charge on any atom is 0.188 e. The minimum Gasteiger partial charge on any atom is -0.329 e. The van der Waals surface area contributed by atoms with E-state index in [4.69, 9.17) is 5.73 Å². The Morgan fingerprint density at radius 3 is 2.64 bits per heavy atom. The minimum absolute atomic E-state index is 0.447. The first kappa shape index (κ1) is 11.1. The van der Waals surface area contributed by atoms with Crippen molar-refractivity contribution in [2.24, 2.45) is 12.8 Å². The van der Waals surface area contributed by atoms with Gasteiger partial charge in [0.15, 0.2) is 5.82 Å². The predicted molar refractivity (Wildman–Crippen MR) is 53.4 cm³/mol. The minimum atomic E-state index is 0.447. The Morgan fingerprint density at radius 2 is 2.21 bits per heavy atom. The van der Waals surface area contributed by atoms with Crippen molar-refractivity contribution in [2.45, 2.75) is 26.4 Å². The van der Waals surface area contributed by atoms with E-state index < -0.39 is 0 Å². The van der Waals surface area contributed by atoms with Gasteiger partial charge in [0.1, 0.15) is 0 Å². The number of aromatic nitrogens is 4. The lowest BCUT2D eigenvalue weighted by atomic mass is 10.3. The highest BCUT2D eigenvalue weighted by molar-refractivity contribution is 4.78. The number of nitrogens with two attached hydrogens (primary N) is 1. The van der Waals surface area contributed by atoms with Crippen LogP contribution in [0.3, 0.4) is 0 Å². The predicted octanol–water partition coefficient (Wildman–Crippen LogP) is -0.621. The number of rotatable bonds is 5. The Morgan fingerprint density at radius 1 is 1.50 bits per heavy atom. The Hall–Kier alpha value is -1.01. The summed E-state index contributed by atoms with van der Waals surface area (Å²) in [7, 11) is 1.76. The first-order valence-electron chi connectivity index (χ1n) is 4.80. The average molecular weight is 198 g/mol. The van der Waals surface area contributed by atoms with E-state index in [0.717, 1.165) is 12.4 Å². The van der Waals surface area contributed by atoms with E-state index in [9.17, 15) is 0 Å². The van der Waals surface area contributed by atoms with E-state index in [2.05, 4.69) is 34.2 Å². The monoisotopic (exact) mass is 198 g/mol. The van der Waals surface area contributed by atoms with Crippen LogP contribution in [0.25, 0.3) is 0 Å². The Kier molecular flexibility index (Phi) is 3.97. The molecule has 0 radical (unpaired) electrons. The molecule has 0 aliphatic rings. The fraction of sp³-hybridized carbons (Fsp3) is 0.875. The van der Waals surface area contributed by atoms with Gasteiger partial charge in [-0.3, -0.25) is 4.90 Å². The molecule has 6 heteroatoms. The third kappa shape index (κ3) is 3.04. The summed E-state index contributed by atoms with van der Waals surface area (Å²) in [4.78, 5) is 3.69. The Balaban J connectivity index is 2.55. The summed E-state index contributed by atoms with van der Waals surface area (Å²) in [6, 6.07) is 0.447. The van der Waals surface area contributed by atoms with Crippen LogP contribution in [0.1, 0.15) is 19.7 Å². The third-order valence-corrected chi connectivity index (χ3v) is 2.04. The summed E-state index contributed by atoms with van der Waals surface area (Å²) in [6.07, 6.45) is 0. The summed E-state index contributed by atoms with van der Waals surface area (Å²) in [5.41, 5.74) is 5.52.